The molecule has 0 aromatic carbocycles. The van der Waals surface area contributed by atoms with Crippen LogP contribution >= 0.6 is 0 Å². The van der Waals surface area contributed by atoms with Crippen molar-refractivity contribution in [3.8, 4) is 12.3 Å². The quantitative estimate of drug-likeness (QED) is 0.618. The van der Waals surface area contributed by atoms with E-state index in [9.17, 15) is 4.79 Å². The summed E-state index contributed by atoms with van der Waals surface area (Å²) in [4.78, 5) is 13.0. The Bertz CT molecular complexity index is 203. The Balaban J connectivity index is 2.30. The fourth-order valence-electron chi connectivity index (χ4n) is 0.931. The molecule has 1 saturated carbocycles. The minimum atomic E-state index is -0.0297. The fourth-order valence-corrected chi connectivity index (χ4v) is 0.931. The molecule has 0 aromatic heterocycles. The third-order valence-electron chi connectivity index (χ3n) is 1.86. The molecule has 0 aromatic rings. The molecule has 0 spiro atoms. The van der Waals surface area contributed by atoms with Crippen LogP contribution in [0.25, 0.3) is 0 Å². The standard InChI is InChI=1S/C9H14N2O/c1-3-7-11(4-2)9(12)10-8-5-6-8/h1,8H,4-7H2,2H3,(H,10,12). The maximum Gasteiger partial charge on any atom is 0.318 e. The zero-order valence-corrected chi connectivity index (χ0v) is 7.34. The molecule has 1 aliphatic carbocycles. The van der Waals surface area contributed by atoms with E-state index in [4.69, 9.17) is 6.42 Å². The molecular formula is C9H14N2O. The van der Waals surface area contributed by atoms with Crippen LogP contribution in [0.2, 0.25) is 0 Å². The van der Waals surface area contributed by atoms with Gasteiger partial charge in [0.1, 0.15) is 0 Å². The topological polar surface area (TPSA) is 32.3 Å². The second kappa shape index (κ2) is 4.01. The summed E-state index contributed by atoms with van der Waals surface area (Å²) >= 11 is 0. The highest BCUT2D eigenvalue weighted by Gasteiger charge is 2.24. The van der Waals surface area contributed by atoms with Gasteiger partial charge >= 0.3 is 6.03 Å². The second-order valence-electron chi connectivity index (χ2n) is 2.94. The summed E-state index contributed by atoms with van der Waals surface area (Å²) in [7, 11) is 0. The minimum Gasteiger partial charge on any atom is -0.335 e. The first kappa shape index (κ1) is 8.92. The SMILES string of the molecule is C#CCN(CC)C(=O)NC1CC1. The molecule has 0 atom stereocenters. The molecule has 2 amide bonds. The van der Waals surface area contributed by atoms with E-state index in [2.05, 4.69) is 11.2 Å². The summed E-state index contributed by atoms with van der Waals surface area (Å²) in [6.45, 7) is 2.99. The third kappa shape index (κ3) is 2.46. The average Bonchev–Trinajstić information content (AvgIpc) is 2.83. The number of amides is 2. The van der Waals surface area contributed by atoms with E-state index in [0.717, 1.165) is 12.8 Å². The predicted molar refractivity (Wildman–Crippen MR) is 47.6 cm³/mol. The average molecular weight is 166 g/mol. The minimum absolute atomic E-state index is 0.0297. The van der Waals surface area contributed by atoms with Crippen molar-refractivity contribution >= 4 is 6.03 Å². The van der Waals surface area contributed by atoms with Gasteiger partial charge in [-0.1, -0.05) is 5.92 Å². The lowest BCUT2D eigenvalue weighted by atomic mass is 10.5. The van der Waals surface area contributed by atoms with Crippen LogP contribution in [0.1, 0.15) is 19.8 Å². The summed E-state index contributed by atoms with van der Waals surface area (Å²) in [6.07, 6.45) is 7.34. The Hall–Kier alpha value is -1.17. The van der Waals surface area contributed by atoms with Crippen molar-refractivity contribution in [2.45, 2.75) is 25.8 Å². The van der Waals surface area contributed by atoms with Crippen LogP contribution < -0.4 is 5.32 Å². The number of urea groups is 1. The van der Waals surface area contributed by atoms with Gasteiger partial charge in [0.25, 0.3) is 0 Å². The summed E-state index contributed by atoms with van der Waals surface area (Å²) < 4.78 is 0. The van der Waals surface area contributed by atoms with E-state index in [1.54, 1.807) is 4.90 Å². The van der Waals surface area contributed by atoms with Gasteiger partial charge in [-0.25, -0.2) is 4.79 Å². The molecule has 12 heavy (non-hydrogen) atoms. The first-order valence-corrected chi connectivity index (χ1v) is 4.26. The third-order valence-corrected chi connectivity index (χ3v) is 1.86. The van der Waals surface area contributed by atoms with E-state index in [1.165, 1.54) is 0 Å². The van der Waals surface area contributed by atoms with Crippen LogP contribution in [0.3, 0.4) is 0 Å². The molecule has 0 bridgehead atoms. The molecule has 1 rings (SSSR count). The van der Waals surface area contributed by atoms with Crippen molar-refractivity contribution in [2.24, 2.45) is 0 Å². The van der Waals surface area contributed by atoms with Crippen molar-refractivity contribution in [2.75, 3.05) is 13.1 Å². The van der Waals surface area contributed by atoms with Gasteiger partial charge < -0.3 is 10.2 Å². The maximum absolute atomic E-state index is 11.3. The molecule has 1 aliphatic rings. The van der Waals surface area contributed by atoms with Gasteiger partial charge in [-0.15, -0.1) is 6.42 Å². The number of hydrogen-bond donors (Lipinski definition) is 1. The first-order chi connectivity index (χ1) is 5.77. The number of nitrogens with one attached hydrogen (secondary N) is 1. The number of rotatable bonds is 3. The van der Waals surface area contributed by atoms with Gasteiger partial charge in [0.05, 0.1) is 6.54 Å². The predicted octanol–water partition coefficient (Wildman–Crippen LogP) is 0.813. The van der Waals surface area contributed by atoms with Gasteiger partial charge in [-0.2, -0.15) is 0 Å². The number of carbonyl (C=O) groups is 1. The molecule has 0 heterocycles. The molecule has 0 aliphatic heterocycles. The van der Waals surface area contributed by atoms with E-state index >= 15 is 0 Å². The molecule has 3 heteroatoms. The van der Waals surface area contributed by atoms with E-state index in [-0.39, 0.29) is 6.03 Å². The van der Waals surface area contributed by atoms with E-state index in [0.29, 0.717) is 19.1 Å². The number of carbonyl (C=O) groups excluding carboxylic acids is 1. The lowest BCUT2D eigenvalue weighted by Crippen LogP contribution is -2.40. The summed E-state index contributed by atoms with van der Waals surface area (Å²) in [5, 5.41) is 2.88. The molecule has 3 nitrogen and oxygen atoms in total. The first-order valence-electron chi connectivity index (χ1n) is 4.26. The normalized spacial score (nSPS) is 15.0. The molecule has 0 unspecified atom stereocenters. The van der Waals surface area contributed by atoms with Crippen LogP contribution in [-0.2, 0) is 0 Å². The number of hydrogen-bond acceptors (Lipinski definition) is 1. The summed E-state index contributed by atoms with van der Waals surface area (Å²) in [6, 6.07) is 0.377. The highest BCUT2D eigenvalue weighted by atomic mass is 16.2. The lowest BCUT2D eigenvalue weighted by Gasteiger charge is -2.18. The zero-order chi connectivity index (χ0) is 8.97. The van der Waals surface area contributed by atoms with Crippen molar-refractivity contribution in [3.05, 3.63) is 0 Å². The van der Waals surface area contributed by atoms with E-state index < -0.39 is 0 Å². The fraction of sp³-hybridized carbons (Fsp3) is 0.667. The Kier molecular flexibility index (Phi) is 2.98. The van der Waals surface area contributed by atoms with Crippen LogP contribution in [-0.4, -0.2) is 30.1 Å². The van der Waals surface area contributed by atoms with Crippen molar-refractivity contribution in [1.82, 2.24) is 10.2 Å². The monoisotopic (exact) mass is 166 g/mol. The van der Waals surface area contributed by atoms with Crippen molar-refractivity contribution in [1.29, 1.82) is 0 Å². The van der Waals surface area contributed by atoms with Gasteiger partial charge in [-0.05, 0) is 19.8 Å². The maximum atomic E-state index is 11.3. The van der Waals surface area contributed by atoms with Crippen molar-refractivity contribution in [3.63, 3.8) is 0 Å². The van der Waals surface area contributed by atoms with Crippen LogP contribution in [0, 0.1) is 12.3 Å². The molecular weight excluding hydrogens is 152 g/mol. The molecule has 0 saturated heterocycles. The highest BCUT2D eigenvalue weighted by Crippen LogP contribution is 2.18. The largest absolute Gasteiger partial charge is 0.335 e. The zero-order valence-electron chi connectivity index (χ0n) is 7.34. The Morgan fingerprint density at radius 2 is 2.42 bits per heavy atom. The Morgan fingerprint density at radius 3 is 2.83 bits per heavy atom. The number of nitrogens with zero attached hydrogens (tertiary/aromatic N) is 1. The summed E-state index contributed by atoms with van der Waals surface area (Å²) in [5.41, 5.74) is 0. The van der Waals surface area contributed by atoms with Crippen LogP contribution in [0.15, 0.2) is 0 Å². The van der Waals surface area contributed by atoms with Gasteiger partial charge in [0.2, 0.25) is 0 Å². The van der Waals surface area contributed by atoms with Gasteiger partial charge in [0.15, 0.2) is 0 Å². The highest BCUT2D eigenvalue weighted by molar-refractivity contribution is 5.75. The van der Waals surface area contributed by atoms with Crippen molar-refractivity contribution < 1.29 is 4.79 Å². The van der Waals surface area contributed by atoms with Gasteiger partial charge in [0, 0.05) is 12.6 Å². The van der Waals surface area contributed by atoms with E-state index in [1.807, 2.05) is 6.92 Å². The van der Waals surface area contributed by atoms with Crippen LogP contribution in [0.4, 0.5) is 4.79 Å². The number of terminal acetylenes is 1. The Labute approximate surface area is 73.1 Å². The molecule has 1 N–H and O–H groups in total. The molecule has 66 valence electrons. The van der Waals surface area contributed by atoms with Crippen LogP contribution in [0.5, 0.6) is 0 Å². The second-order valence-corrected chi connectivity index (χ2v) is 2.94. The molecule has 1 fully saturated rings. The lowest BCUT2D eigenvalue weighted by molar-refractivity contribution is 0.206. The van der Waals surface area contributed by atoms with Gasteiger partial charge in [-0.3, -0.25) is 0 Å². The molecule has 0 radical (unpaired) electrons. The summed E-state index contributed by atoms with van der Waals surface area (Å²) in [5.74, 6) is 2.46. The smallest absolute Gasteiger partial charge is 0.318 e. The Morgan fingerprint density at radius 1 is 1.75 bits per heavy atom.